The highest BCUT2D eigenvalue weighted by Crippen LogP contribution is 2.07. The Morgan fingerprint density at radius 1 is 1.33 bits per heavy atom. The van der Waals surface area contributed by atoms with Crippen LogP contribution in [0.5, 0.6) is 0 Å². The SMILES string of the molecule is Cc1cc(NC(=O)C=Cc2cccnc2)ccn1. The van der Waals surface area contributed by atoms with Crippen LogP contribution in [0.2, 0.25) is 0 Å². The van der Waals surface area contributed by atoms with Gasteiger partial charge in [-0.1, -0.05) is 6.07 Å². The molecule has 0 aliphatic heterocycles. The van der Waals surface area contributed by atoms with Crippen molar-refractivity contribution in [1.82, 2.24) is 9.97 Å². The Labute approximate surface area is 105 Å². The first-order valence-electron chi connectivity index (χ1n) is 5.56. The summed E-state index contributed by atoms with van der Waals surface area (Å²) in [6, 6.07) is 7.27. The van der Waals surface area contributed by atoms with Crippen molar-refractivity contribution in [2.45, 2.75) is 6.92 Å². The van der Waals surface area contributed by atoms with Gasteiger partial charge in [-0.2, -0.15) is 0 Å². The normalized spacial score (nSPS) is 10.5. The Kier molecular flexibility index (Phi) is 3.81. The second-order valence-corrected chi connectivity index (χ2v) is 3.79. The first-order chi connectivity index (χ1) is 8.74. The van der Waals surface area contributed by atoms with Crippen LogP contribution in [0.15, 0.2) is 48.9 Å². The molecule has 0 unspecified atom stereocenters. The lowest BCUT2D eigenvalue weighted by atomic mass is 10.2. The number of hydrogen-bond donors (Lipinski definition) is 1. The molecule has 0 fully saturated rings. The van der Waals surface area contributed by atoms with E-state index < -0.39 is 0 Å². The number of nitrogens with zero attached hydrogens (tertiary/aromatic N) is 2. The summed E-state index contributed by atoms with van der Waals surface area (Å²) in [7, 11) is 0. The Hall–Kier alpha value is -2.49. The van der Waals surface area contributed by atoms with E-state index in [0.717, 1.165) is 16.9 Å². The molecule has 0 saturated carbocycles. The molecule has 2 heterocycles. The molecule has 0 saturated heterocycles. The van der Waals surface area contributed by atoms with E-state index in [9.17, 15) is 4.79 Å². The summed E-state index contributed by atoms with van der Waals surface area (Å²) in [4.78, 5) is 19.7. The summed E-state index contributed by atoms with van der Waals surface area (Å²) < 4.78 is 0. The fourth-order valence-electron chi connectivity index (χ4n) is 1.45. The fourth-order valence-corrected chi connectivity index (χ4v) is 1.45. The number of carbonyl (C=O) groups is 1. The minimum Gasteiger partial charge on any atom is -0.322 e. The molecule has 4 heteroatoms. The Bertz CT molecular complexity index is 564. The molecule has 0 aliphatic rings. The quantitative estimate of drug-likeness (QED) is 0.837. The van der Waals surface area contributed by atoms with Crippen molar-refractivity contribution < 1.29 is 4.79 Å². The molecule has 90 valence electrons. The molecule has 2 aromatic heterocycles. The number of anilines is 1. The van der Waals surface area contributed by atoms with Gasteiger partial charge in [0.2, 0.25) is 5.91 Å². The van der Waals surface area contributed by atoms with Crippen LogP contribution < -0.4 is 5.32 Å². The minimum atomic E-state index is -0.176. The zero-order valence-corrected chi connectivity index (χ0v) is 10.00. The van der Waals surface area contributed by atoms with Gasteiger partial charge in [-0.05, 0) is 36.8 Å². The predicted octanol–water partition coefficient (Wildman–Crippen LogP) is 2.44. The van der Waals surface area contributed by atoms with Crippen molar-refractivity contribution in [3.05, 3.63) is 60.2 Å². The molecule has 0 aromatic carbocycles. The van der Waals surface area contributed by atoms with Gasteiger partial charge in [-0.15, -0.1) is 0 Å². The Balaban J connectivity index is 1.99. The smallest absolute Gasteiger partial charge is 0.248 e. The van der Waals surface area contributed by atoms with E-state index in [2.05, 4.69) is 15.3 Å². The topological polar surface area (TPSA) is 54.9 Å². The van der Waals surface area contributed by atoms with Crippen LogP contribution in [0.4, 0.5) is 5.69 Å². The van der Waals surface area contributed by atoms with Crippen molar-refractivity contribution >= 4 is 17.7 Å². The van der Waals surface area contributed by atoms with E-state index in [1.54, 1.807) is 30.7 Å². The zero-order valence-electron chi connectivity index (χ0n) is 10.00. The molecular formula is C14H13N3O. The van der Waals surface area contributed by atoms with E-state index in [0.29, 0.717) is 0 Å². The number of aryl methyl sites for hydroxylation is 1. The van der Waals surface area contributed by atoms with Crippen LogP contribution in [0.25, 0.3) is 6.08 Å². The van der Waals surface area contributed by atoms with Gasteiger partial charge in [0.25, 0.3) is 0 Å². The second kappa shape index (κ2) is 5.72. The lowest BCUT2D eigenvalue weighted by molar-refractivity contribution is -0.111. The maximum atomic E-state index is 11.7. The summed E-state index contributed by atoms with van der Waals surface area (Å²) in [5.74, 6) is -0.176. The van der Waals surface area contributed by atoms with Gasteiger partial charge >= 0.3 is 0 Å². The highest BCUT2D eigenvalue weighted by molar-refractivity contribution is 6.01. The van der Waals surface area contributed by atoms with E-state index in [1.165, 1.54) is 6.08 Å². The molecule has 0 spiro atoms. The van der Waals surface area contributed by atoms with Crippen LogP contribution in [0, 0.1) is 6.92 Å². The number of aromatic nitrogens is 2. The van der Waals surface area contributed by atoms with Crippen molar-refractivity contribution in [3.8, 4) is 0 Å². The summed E-state index contributed by atoms with van der Waals surface area (Å²) in [5.41, 5.74) is 2.49. The molecule has 0 bridgehead atoms. The monoisotopic (exact) mass is 239 g/mol. The van der Waals surface area contributed by atoms with Gasteiger partial charge in [0.05, 0.1) is 0 Å². The highest BCUT2D eigenvalue weighted by Gasteiger charge is 1.98. The van der Waals surface area contributed by atoms with E-state index >= 15 is 0 Å². The number of nitrogens with one attached hydrogen (secondary N) is 1. The van der Waals surface area contributed by atoms with Gasteiger partial charge in [0.1, 0.15) is 0 Å². The molecule has 18 heavy (non-hydrogen) atoms. The van der Waals surface area contributed by atoms with Crippen LogP contribution in [0.1, 0.15) is 11.3 Å². The average Bonchev–Trinajstić information content (AvgIpc) is 2.38. The number of pyridine rings is 2. The number of rotatable bonds is 3. The van der Waals surface area contributed by atoms with Crippen molar-refractivity contribution in [3.63, 3.8) is 0 Å². The Morgan fingerprint density at radius 2 is 2.22 bits per heavy atom. The predicted molar refractivity (Wildman–Crippen MR) is 70.9 cm³/mol. The Morgan fingerprint density at radius 3 is 2.94 bits per heavy atom. The number of carbonyl (C=O) groups excluding carboxylic acids is 1. The highest BCUT2D eigenvalue weighted by atomic mass is 16.1. The molecule has 0 aliphatic carbocycles. The maximum absolute atomic E-state index is 11.7. The summed E-state index contributed by atoms with van der Waals surface area (Å²) in [6.45, 7) is 1.88. The fraction of sp³-hybridized carbons (Fsp3) is 0.0714. The zero-order chi connectivity index (χ0) is 12.8. The van der Waals surface area contributed by atoms with Gasteiger partial charge < -0.3 is 5.32 Å². The van der Waals surface area contributed by atoms with E-state index in [4.69, 9.17) is 0 Å². The van der Waals surface area contributed by atoms with E-state index in [-0.39, 0.29) is 5.91 Å². The van der Waals surface area contributed by atoms with Crippen LogP contribution in [0.3, 0.4) is 0 Å². The maximum Gasteiger partial charge on any atom is 0.248 e. The van der Waals surface area contributed by atoms with Gasteiger partial charge in [-0.25, -0.2) is 0 Å². The van der Waals surface area contributed by atoms with Crippen LogP contribution >= 0.6 is 0 Å². The van der Waals surface area contributed by atoms with Crippen LogP contribution in [-0.4, -0.2) is 15.9 Å². The largest absolute Gasteiger partial charge is 0.322 e. The third-order valence-electron chi connectivity index (χ3n) is 2.28. The van der Waals surface area contributed by atoms with Crippen LogP contribution in [-0.2, 0) is 4.79 Å². The number of hydrogen-bond acceptors (Lipinski definition) is 3. The average molecular weight is 239 g/mol. The summed E-state index contributed by atoms with van der Waals surface area (Å²) in [6.07, 6.45) is 8.25. The van der Waals surface area contributed by atoms with Gasteiger partial charge in [-0.3, -0.25) is 14.8 Å². The molecule has 0 radical (unpaired) electrons. The van der Waals surface area contributed by atoms with Crippen molar-refractivity contribution in [2.24, 2.45) is 0 Å². The van der Waals surface area contributed by atoms with Crippen molar-refractivity contribution in [2.75, 3.05) is 5.32 Å². The van der Waals surface area contributed by atoms with E-state index in [1.807, 2.05) is 25.1 Å². The van der Waals surface area contributed by atoms with Gasteiger partial charge in [0.15, 0.2) is 0 Å². The van der Waals surface area contributed by atoms with Gasteiger partial charge in [0, 0.05) is 36.0 Å². The first-order valence-corrected chi connectivity index (χ1v) is 5.56. The first kappa shape index (κ1) is 12.0. The molecular weight excluding hydrogens is 226 g/mol. The standard InChI is InChI=1S/C14H13N3O/c1-11-9-13(6-8-16-11)17-14(18)5-4-12-3-2-7-15-10-12/h2-10H,1H3,(H,16,17,18). The summed E-state index contributed by atoms with van der Waals surface area (Å²) in [5, 5.41) is 2.77. The molecule has 1 N–H and O–H groups in total. The molecule has 4 nitrogen and oxygen atoms in total. The molecule has 2 aromatic rings. The van der Waals surface area contributed by atoms with Crippen molar-refractivity contribution in [1.29, 1.82) is 0 Å². The summed E-state index contributed by atoms with van der Waals surface area (Å²) >= 11 is 0. The minimum absolute atomic E-state index is 0.176. The lowest BCUT2D eigenvalue weighted by Gasteiger charge is -2.02. The third kappa shape index (κ3) is 3.52. The molecule has 0 atom stereocenters. The molecule has 1 amide bonds. The molecule has 2 rings (SSSR count). The number of amides is 1. The third-order valence-corrected chi connectivity index (χ3v) is 2.28. The second-order valence-electron chi connectivity index (χ2n) is 3.79. The lowest BCUT2D eigenvalue weighted by Crippen LogP contribution is -2.07.